The Bertz CT molecular complexity index is 125. The molecule has 0 saturated carbocycles. The van der Waals surface area contributed by atoms with Gasteiger partial charge in [0.05, 0.1) is 0 Å². The van der Waals surface area contributed by atoms with Crippen molar-refractivity contribution < 1.29 is 0 Å². The van der Waals surface area contributed by atoms with Gasteiger partial charge in [0.2, 0.25) is 0 Å². The first-order chi connectivity index (χ1) is 4.70. The molecule has 1 heteroatoms. The molecule has 0 aliphatic heterocycles. The molecule has 1 unspecified atom stereocenters. The maximum atomic E-state index is 3.71. The van der Waals surface area contributed by atoms with Gasteiger partial charge < -0.3 is 5.32 Å². The summed E-state index contributed by atoms with van der Waals surface area (Å²) in [6.07, 6.45) is 5.24. The first-order valence-corrected chi connectivity index (χ1v) is 3.67. The molecular formula is C9H17N. The molecule has 0 bridgehead atoms. The van der Waals surface area contributed by atoms with Gasteiger partial charge in [-0.3, -0.25) is 0 Å². The minimum atomic E-state index is 0.586. The Morgan fingerprint density at radius 3 is 2.70 bits per heavy atom. The van der Waals surface area contributed by atoms with Gasteiger partial charge in [0.15, 0.2) is 0 Å². The average molecular weight is 139 g/mol. The first-order valence-electron chi connectivity index (χ1n) is 3.67. The van der Waals surface area contributed by atoms with E-state index < -0.39 is 0 Å². The summed E-state index contributed by atoms with van der Waals surface area (Å²) in [4.78, 5) is 0. The van der Waals surface area contributed by atoms with Crippen molar-refractivity contribution in [1.82, 2.24) is 5.32 Å². The maximum Gasteiger partial charge on any atom is 0.00321 e. The zero-order chi connectivity index (χ0) is 7.98. The Morgan fingerprint density at radius 1 is 1.70 bits per heavy atom. The fourth-order valence-corrected chi connectivity index (χ4v) is 0.561. The molecule has 1 nitrogen and oxygen atoms in total. The van der Waals surface area contributed by atoms with Crippen LogP contribution in [0.5, 0.6) is 0 Å². The Hall–Kier alpha value is -0.720. The molecule has 0 amide bonds. The molecular weight excluding hydrogens is 122 g/mol. The highest BCUT2D eigenvalue weighted by Gasteiger charge is 1.91. The Kier molecular flexibility index (Phi) is 4.73. The molecule has 0 aliphatic carbocycles. The molecule has 0 aromatic heterocycles. The van der Waals surface area contributed by atoms with Crippen LogP contribution < -0.4 is 5.32 Å². The summed E-state index contributed by atoms with van der Waals surface area (Å²) in [6.45, 7) is 7.94. The smallest absolute Gasteiger partial charge is 0.00321 e. The van der Waals surface area contributed by atoms with E-state index in [1.807, 2.05) is 13.1 Å². The summed E-state index contributed by atoms with van der Waals surface area (Å²) in [5.74, 6) is 0.586. The van der Waals surface area contributed by atoms with Gasteiger partial charge in [0.25, 0.3) is 0 Å². The van der Waals surface area contributed by atoms with E-state index in [0.717, 1.165) is 6.42 Å². The van der Waals surface area contributed by atoms with Gasteiger partial charge in [-0.15, -0.1) is 6.58 Å². The molecule has 0 radical (unpaired) electrons. The van der Waals surface area contributed by atoms with Crippen molar-refractivity contribution in [2.45, 2.75) is 20.3 Å². The molecule has 58 valence electrons. The second-order valence-corrected chi connectivity index (χ2v) is 2.59. The van der Waals surface area contributed by atoms with Gasteiger partial charge in [0.1, 0.15) is 0 Å². The largest absolute Gasteiger partial charge is 0.392 e. The monoisotopic (exact) mass is 139 g/mol. The fraction of sp³-hybridized carbons (Fsp3) is 0.556. The molecule has 0 saturated heterocycles. The molecule has 1 N–H and O–H groups in total. The zero-order valence-electron chi connectivity index (χ0n) is 7.15. The lowest BCUT2D eigenvalue weighted by atomic mass is 10.1. The third-order valence-corrected chi connectivity index (χ3v) is 1.59. The topological polar surface area (TPSA) is 12.0 Å². The van der Waals surface area contributed by atoms with E-state index >= 15 is 0 Å². The second-order valence-electron chi connectivity index (χ2n) is 2.59. The lowest BCUT2D eigenvalue weighted by Gasteiger charge is -2.02. The number of rotatable bonds is 4. The summed E-state index contributed by atoms with van der Waals surface area (Å²) in [7, 11) is 1.93. The standard InChI is InChI=1S/C9H17N/c1-5-8(2)6-7-9(3)10-4/h5,7-8,10H,1,6H2,2-4H3/b9-7+. The van der Waals surface area contributed by atoms with Gasteiger partial charge in [-0.05, 0) is 19.3 Å². The van der Waals surface area contributed by atoms with E-state index in [1.54, 1.807) is 0 Å². The van der Waals surface area contributed by atoms with Crippen LogP contribution in [0.2, 0.25) is 0 Å². The minimum Gasteiger partial charge on any atom is -0.392 e. The molecule has 0 spiro atoms. The molecule has 10 heavy (non-hydrogen) atoms. The van der Waals surface area contributed by atoms with E-state index in [1.165, 1.54) is 5.70 Å². The minimum absolute atomic E-state index is 0.586. The molecule has 0 aromatic rings. The lowest BCUT2D eigenvalue weighted by molar-refractivity contribution is 0.737. The second kappa shape index (κ2) is 5.10. The number of allylic oxidation sites excluding steroid dienone is 3. The van der Waals surface area contributed by atoms with E-state index in [9.17, 15) is 0 Å². The average Bonchev–Trinajstić information content (AvgIpc) is 1.99. The van der Waals surface area contributed by atoms with Crippen LogP contribution in [0.25, 0.3) is 0 Å². The van der Waals surface area contributed by atoms with Crippen LogP contribution in [0.3, 0.4) is 0 Å². The highest BCUT2D eigenvalue weighted by molar-refractivity contribution is 4.96. The molecule has 0 heterocycles. The van der Waals surface area contributed by atoms with Crippen molar-refractivity contribution >= 4 is 0 Å². The Balaban J connectivity index is 3.60. The Labute approximate surface area is 63.8 Å². The van der Waals surface area contributed by atoms with E-state index in [4.69, 9.17) is 0 Å². The van der Waals surface area contributed by atoms with E-state index in [2.05, 4.69) is 31.8 Å². The normalized spacial score (nSPS) is 14.5. The van der Waals surface area contributed by atoms with Crippen LogP contribution in [0.1, 0.15) is 20.3 Å². The van der Waals surface area contributed by atoms with Crippen LogP contribution in [0.15, 0.2) is 24.4 Å². The van der Waals surface area contributed by atoms with Crippen LogP contribution in [0, 0.1) is 5.92 Å². The molecule has 0 fully saturated rings. The van der Waals surface area contributed by atoms with Crippen LogP contribution >= 0.6 is 0 Å². The number of hydrogen-bond acceptors (Lipinski definition) is 1. The third-order valence-electron chi connectivity index (χ3n) is 1.59. The van der Waals surface area contributed by atoms with Gasteiger partial charge in [0, 0.05) is 12.7 Å². The van der Waals surface area contributed by atoms with Crippen molar-refractivity contribution in [3.8, 4) is 0 Å². The summed E-state index contributed by atoms with van der Waals surface area (Å²) in [5.41, 5.74) is 1.23. The zero-order valence-corrected chi connectivity index (χ0v) is 7.15. The molecule has 0 rings (SSSR count). The predicted octanol–water partition coefficient (Wildman–Crippen LogP) is 2.32. The lowest BCUT2D eigenvalue weighted by Crippen LogP contribution is -2.01. The fourth-order valence-electron chi connectivity index (χ4n) is 0.561. The predicted molar refractivity (Wildman–Crippen MR) is 46.8 cm³/mol. The van der Waals surface area contributed by atoms with Crippen molar-refractivity contribution in [3.63, 3.8) is 0 Å². The van der Waals surface area contributed by atoms with Gasteiger partial charge in [-0.25, -0.2) is 0 Å². The van der Waals surface area contributed by atoms with Crippen molar-refractivity contribution in [2.75, 3.05) is 7.05 Å². The maximum absolute atomic E-state index is 3.71. The van der Waals surface area contributed by atoms with Crippen LogP contribution in [-0.4, -0.2) is 7.05 Å². The molecule has 0 aliphatic rings. The Morgan fingerprint density at radius 2 is 2.30 bits per heavy atom. The first kappa shape index (κ1) is 9.28. The van der Waals surface area contributed by atoms with Crippen LogP contribution in [0.4, 0.5) is 0 Å². The molecule has 1 atom stereocenters. The summed E-state index contributed by atoms with van der Waals surface area (Å²) < 4.78 is 0. The highest BCUT2D eigenvalue weighted by atomic mass is 14.8. The van der Waals surface area contributed by atoms with Gasteiger partial charge in [-0.1, -0.05) is 19.1 Å². The summed E-state index contributed by atoms with van der Waals surface area (Å²) in [6, 6.07) is 0. The van der Waals surface area contributed by atoms with Crippen molar-refractivity contribution in [3.05, 3.63) is 24.4 Å². The van der Waals surface area contributed by atoms with Crippen LogP contribution in [-0.2, 0) is 0 Å². The number of nitrogens with one attached hydrogen (secondary N) is 1. The quantitative estimate of drug-likeness (QED) is 0.589. The van der Waals surface area contributed by atoms with E-state index in [0.29, 0.717) is 5.92 Å². The summed E-state index contributed by atoms with van der Waals surface area (Å²) in [5, 5.41) is 3.07. The van der Waals surface area contributed by atoms with Gasteiger partial charge >= 0.3 is 0 Å². The SMILES string of the molecule is C=CC(C)C/C=C(\C)NC. The van der Waals surface area contributed by atoms with E-state index in [-0.39, 0.29) is 0 Å². The third kappa shape index (κ3) is 4.19. The molecule has 0 aromatic carbocycles. The highest BCUT2D eigenvalue weighted by Crippen LogP contribution is 2.04. The van der Waals surface area contributed by atoms with Crippen molar-refractivity contribution in [1.29, 1.82) is 0 Å². The number of hydrogen-bond donors (Lipinski definition) is 1. The van der Waals surface area contributed by atoms with Crippen molar-refractivity contribution in [2.24, 2.45) is 5.92 Å². The summed E-state index contributed by atoms with van der Waals surface area (Å²) >= 11 is 0. The van der Waals surface area contributed by atoms with Gasteiger partial charge in [-0.2, -0.15) is 0 Å².